The minimum atomic E-state index is -0.446. The number of carbonyl (C=O) groups is 1. The highest BCUT2D eigenvalue weighted by molar-refractivity contribution is 5.96. The average Bonchev–Trinajstić information content (AvgIpc) is 3.12. The third-order valence-electron chi connectivity index (χ3n) is 4.51. The smallest absolute Gasteiger partial charge is 0.250 e. The molecule has 1 heterocycles. The first-order valence-electron chi connectivity index (χ1n) is 8.76. The zero-order valence-electron chi connectivity index (χ0n) is 15.2. The Morgan fingerprint density at radius 2 is 2.11 bits per heavy atom. The Labute approximate surface area is 158 Å². The number of amides is 1. The molecule has 0 bridgehead atoms. The van der Waals surface area contributed by atoms with Crippen LogP contribution < -0.4 is 10.1 Å². The molecule has 0 aromatic heterocycles. The zero-order chi connectivity index (χ0) is 19.2. The van der Waals surface area contributed by atoms with Crippen molar-refractivity contribution in [2.75, 3.05) is 20.3 Å². The molecule has 27 heavy (non-hydrogen) atoms. The van der Waals surface area contributed by atoms with Crippen molar-refractivity contribution in [3.05, 3.63) is 89.3 Å². The van der Waals surface area contributed by atoms with E-state index in [4.69, 9.17) is 9.47 Å². The Hall–Kier alpha value is -2.92. The van der Waals surface area contributed by atoms with Crippen molar-refractivity contribution in [1.29, 1.82) is 0 Å². The zero-order valence-corrected chi connectivity index (χ0v) is 15.2. The Kier molecular flexibility index (Phi) is 6.04. The lowest BCUT2D eigenvalue weighted by molar-refractivity contribution is -0.118. The van der Waals surface area contributed by atoms with Crippen LogP contribution in [0.2, 0.25) is 0 Å². The van der Waals surface area contributed by atoms with E-state index in [-0.39, 0.29) is 11.7 Å². The van der Waals surface area contributed by atoms with E-state index >= 15 is 0 Å². The van der Waals surface area contributed by atoms with Crippen LogP contribution in [0, 0.1) is 5.82 Å². The van der Waals surface area contributed by atoms with Gasteiger partial charge in [0.05, 0.1) is 19.3 Å². The fourth-order valence-corrected chi connectivity index (χ4v) is 3.09. The van der Waals surface area contributed by atoms with Gasteiger partial charge in [0.2, 0.25) is 0 Å². The first-order chi connectivity index (χ1) is 13.1. The standard InChI is InChI=1S/C22H22FNO3/c1-3-16-14-27-21(17-7-9-19(26-2)10-8-17)20(16)22(25)24-12-11-15-5-4-6-18(23)13-15/h3-10,13,21H,1,11-12,14H2,2H3,(H,24,25). The Balaban J connectivity index is 1.70. The molecule has 0 aliphatic carbocycles. The van der Waals surface area contributed by atoms with E-state index in [9.17, 15) is 9.18 Å². The number of benzene rings is 2. The van der Waals surface area contributed by atoms with E-state index in [0.717, 1.165) is 22.4 Å². The quantitative estimate of drug-likeness (QED) is 0.811. The fraction of sp³-hybridized carbons (Fsp3) is 0.227. The molecule has 1 aliphatic rings. The summed E-state index contributed by atoms with van der Waals surface area (Å²) in [4.78, 5) is 12.8. The van der Waals surface area contributed by atoms with E-state index in [0.29, 0.717) is 25.1 Å². The average molecular weight is 367 g/mol. The highest BCUT2D eigenvalue weighted by Gasteiger charge is 2.31. The van der Waals surface area contributed by atoms with Gasteiger partial charge in [-0.3, -0.25) is 4.79 Å². The van der Waals surface area contributed by atoms with E-state index in [1.165, 1.54) is 12.1 Å². The van der Waals surface area contributed by atoms with Gasteiger partial charge in [-0.05, 0) is 47.4 Å². The molecule has 0 fully saturated rings. The van der Waals surface area contributed by atoms with Crippen LogP contribution in [0.4, 0.5) is 4.39 Å². The van der Waals surface area contributed by atoms with Crippen molar-refractivity contribution in [1.82, 2.24) is 5.32 Å². The van der Waals surface area contributed by atoms with Crippen molar-refractivity contribution < 1.29 is 18.7 Å². The molecule has 1 atom stereocenters. The van der Waals surface area contributed by atoms with E-state index in [2.05, 4.69) is 11.9 Å². The Morgan fingerprint density at radius 3 is 2.78 bits per heavy atom. The van der Waals surface area contributed by atoms with Crippen molar-refractivity contribution in [3.8, 4) is 5.75 Å². The van der Waals surface area contributed by atoms with Crippen LogP contribution in [0.3, 0.4) is 0 Å². The maximum atomic E-state index is 13.3. The number of rotatable bonds is 7. The highest BCUT2D eigenvalue weighted by Crippen LogP contribution is 2.35. The molecule has 2 aromatic rings. The minimum Gasteiger partial charge on any atom is -0.497 e. The highest BCUT2D eigenvalue weighted by atomic mass is 19.1. The summed E-state index contributed by atoms with van der Waals surface area (Å²) in [7, 11) is 1.61. The number of nitrogens with one attached hydrogen (secondary N) is 1. The van der Waals surface area contributed by atoms with Crippen molar-refractivity contribution in [2.24, 2.45) is 0 Å². The van der Waals surface area contributed by atoms with Crippen molar-refractivity contribution >= 4 is 5.91 Å². The molecule has 2 aromatic carbocycles. The van der Waals surface area contributed by atoms with Crippen molar-refractivity contribution in [3.63, 3.8) is 0 Å². The first-order valence-corrected chi connectivity index (χ1v) is 8.76. The largest absolute Gasteiger partial charge is 0.497 e. The summed E-state index contributed by atoms with van der Waals surface area (Å²) in [6.45, 7) is 4.54. The van der Waals surface area contributed by atoms with Gasteiger partial charge in [0.15, 0.2) is 0 Å². The molecule has 1 N–H and O–H groups in total. The maximum absolute atomic E-state index is 13.3. The Morgan fingerprint density at radius 1 is 1.33 bits per heavy atom. The monoisotopic (exact) mass is 367 g/mol. The van der Waals surface area contributed by atoms with E-state index in [1.54, 1.807) is 19.3 Å². The van der Waals surface area contributed by atoms with Gasteiger partial charge >= 0.3 is 0 Å². The van der Waals surface area contributed by atoms with Crippen LogP contribution in [0.5, 0.6) is 5.75 Å². The summed E-state index contributed by atoms with van der Waals surface area (Å²) in [6, 6.07) is 13.8. The number of hydrogen-bond donors (Lipinski definition) is 1. The van der Waals surface area contributed by atoms with E-state index < -0.39 is 6.10 Å². The van der Waals surface area contributed by atoms with Gasteiger partial charge in [-0.25, -0.2) is 4.39 Å². The third-order valence-corrected chi connectivity index (χ3v) is 4.51. The van der Waals surface area contributed by atoms with Crippen LogP contribution in [0.15, 0.2) is 72.3 Å². The molecule has 1 aliphatic heterocycles. The lowest BCUT2D eigenvalue weighted by Gasteiger charge is -2.16. The van der Waals surface area contributed by atoms with Crippen molar-refractivity contribution in [2.45, 2.75) is 12.5 Å². The number of carbonyl (C=O) groups excluding carboxylic acids is 1. The molecular weight excluding hydrogens is 345 g/mol. The van der Waals surface area contributed by atoms with Gasteiger partial charge in [0.25, 0.3) is 5.91 Å². The summed E-state index contributed by atoms with van der Waals surface area (Å²) in [6.07, 6.45) is 1.76. The molecule has 140 valence electrons. The summed E-state index contributed by atoms with van der Waals surface area (Å²) < 4.78 is 24.3. The maximum Gasteiger partial charge on any atom is 0.250 e. The first kappa shape index (κ1) is 18.9. The molecule has 3 rings (SSSR count). The molecule has 5 heteroatoms. The molecule has 1 unspecified atom stereocenters. The number of hydrogen-bond acceptors (Lipinski definition) is 3. The predicted octanol–water partition coefficient (Wildman–Crippen LogP) is 3.75. The second-order valence-corrected chi connectivity index (χ2v) is 6.24. The van der Waals surface area contributed by atoms with E-state index in [1.807, 2.05) is 30.3 Å². The second kappa shape index (κ2) is 8.64. The summed E-state index contributed by atoms with van der Waals surface area (Å²) in [5.41, 5.74) is 3.05. The lowest BCUT2D eigenvalue weighted by Crippen LogP contribution is -2.29. The third kappa shape index (κ3) is 4.44. The van der Waals surface area contributed by atoms with Gasteiger partial charge < -0.3 is 14.8 Å². The summed E-state index contributed by atoms with van der Waals surface area (Å²) in [5, 5.41) is 2.91. The van der Waals surface area contributed by atoms with Gasteiger partial charge in [-0.2, -0.15) is 0 Å². The van der Waals surface area contributed by atoms with Gasteiger partial charge in [0.1, 0.15) is 17.7 Å². The van der Waals surface area contributed by atoms with Crippen LogP contribution in [0.1, 0.15) is 17.2 Å². The second-order valence-electron chi connectivity index (χ2n) is 6.24. The fourth-order valence-electron chi connectivity index (χ4n) is 3.09. The minimum absolute atomic E-state index is 0.195. The van der Waals surface area contributed by atoms with Crippen LogP contribution in [0.25, 0.3) is 0 Å². The molecule has 1 amide bonds. The lowest BCUT2D eigenvalue weighted by atomic mass is 9.98. The summed E-state index contributed by atoms with van der Waals surface area (Å²) in [5.74, 6) is 0.268. The molecule has 0 saturated carbocycles. The van der Waals surface area contributed by atoms with Gasteiger partial charge in [0, 0.05) is 6.54 Å². The van der Waals surface area contributed by atoms with Crippen LogP contribution in [-0.4, -0.2) is 26.2 Å². The molecule has 0 spiro atoms. The van der Waals surface area contributed by atoms with Crippen LogP contribution >= 0.6 is 0 Å². The summed E-state index contributed by atoms with van der Waals surface area (Å²) >= 11 is 0. The molecule has 4 nitrogen and oxygen atoms in total. The normalized spacial score (nSPS) is 16.3. The molecule has 0 radical (unpaired) electrons. The van der Waals surface area contributed by atoms with Gasteiger partial charge in [-0.15, -0.1) is 0 Å². The number of ether oxygens (including phenoxy) is 2. The number of methoxy groups -OCH3 is 1. The topological polar surface area (TPSA) is 47.6 Å². The SMILES string of the molecule is C=CC1=C(C(=O)NCCc2cccc(F)c2)C(c2ccc(OC)cc2)OC1. The number of halogens is 1. The van der Waals surface area contributed by atoms with Gasteiger partial charge in [-0.1, -0.05) is 36.9 Å². The Bertz CT molecular complexity index is 858. The predicted molar refractivity (Wildman–Crippen MR) is 102 cm³/mol. The van der Waals surface area contributed by atoms with Crippen LogP contribution in [-0.2, 0) is 16.0 Å². The molecular formula is C22H22FNO3. The molecule has 0 saturated heterocycles.